The smallest absolute Gasteiger partial charge is 0.317 e. The van der Waals surface area contributed by atoms with Gasteiger partial charge in [0, 0.05) is 30.9 Å². The topological polar surface area (TPSA) is 107 Å². The molecule has 0 unspecified atom stereocenters. The van der Waals surface area contributed by atoms with Crippen molar-refractivity contribution in [3.63, 3.8) is 0 Å². The molecular weight excluding hydrogens is 336 g/mol. The van der Waals surface area contributed by atoms with Gasteiger partial charge in [0.1, 0.15) is 0 Å². The first kappa shape index (κ1) is 18.4. The van der Waals surface area contributed by atoms with Gasteiger partial charge in [0.15, 0.2) is 0 Å². The van der Waals surface area contributed by atoms with Crippen LogP contribution in [0.5, 0.6) is 0 Å². The lowest BCUT2D eigenvalue weighted by Gasteiger charge is -2.30. The van der Waals surface area contributed by atoms with Crippen LogP contribution in [0.15, 0.2) is 16.8 Å². The lowest BCUT2D eigenvalue weighted by Crippen LogP contribution is -2.47. The molecule has 2 bridgehead atoms. The van der Waals surface area contributed by atoms with Crippen LogP contribution in [0.2, 0.25) is 0 Å². The van der Waals surface area contributed by atoms with E-state index in [-0.39, 0.29) is 30.9 Å². The molecular formula is C15H20N2O6S. The fourth-order valence-corrected chi connectivity index (χ4v) is 3.69. The van der Waals surface area contributed by atoms with Gasteiger partial charge in [0.2, 0.25) is 0 Å². The van der Waals surface area contributed by atoms with Crippen LogP contribution >= 0.6 is 11.3 Å². The van der Waals surface area contributed by atoms with Crippen LogP contribution in [0.3, 0.4) is 0 Å². The monoisotopic (exact) mass is 356 g/mol. The molecule has 2 saturated heterocycles. The van der Waals surface area contributed by atoms with E-state index in [0.717, 1.165) is 0 Å². The molecule has 8 nitrogen and oxygen atoms in total. The summed E-state index contributed by atoms with van der Waals surface area (Å²) >= 11 is 1.50. The summed E-state index contributed by atoms with van der Waals surface area (Å²) in [4.78, 5) is 35.7. The van der Waals surface area contributed by atoms with Gasteiger partial charge >= 0.3 is 5.97 Å². The normalized spacial score (nSPS) is 23.6. The summed E-state index contributed by atoms with van der Waals surface area (Å²) in [5.74, 6) is -0.639. The van der Waals surface area contributed by atoms with E-state index >= 15 is 0 Å². The zero-order valence-electron chi connectivity index (χ0n) is 13.0. The summed E-state index contributed by atoms with van der Waals surface area (Å²) in [5, 5.41) is 19.6. The largest absolute Gasteiger partial charge is 0.483 e. The zero-order valence-corrected chi connectivity index (χ0v) is 13.9. The van der Waals surface area contributed by atoms with Crippen LogP contribution in [0, 0.1) is 5.92 Å². The fourth-order valence-electron chi connectivity index (χ4n) is 3.06. The van der Waals surface area contributed by atoms with Gasteiger partial charge in [-0.25, -0.2) is 0 Å². The van der Waals surface area contributed by atoms with E-state index in [0.29, 0.717) is 38.4 Å². The molecule has 2 N–H and O–H groups in total. The second-order valence-corrected chi connectivity index (χ2v) is 6.50. The number of carbonyl (C=O) groups is 3. The van der Waals surface area contributed by atoms with Gasteiger partial charge in [-0.3, -0.25) is 19.3 Å². The second kappa shape index (κ2) is 8.76. The number of hydrogen-bond acceptors (Lipinski definition) is 6. The Morgan fingerprint density at radius 3 is 2.71 bits per heavy atom. The SMILES string of the molecule is O=C(O)CN1C[C@@H]2COC[C@H](C1)N(C(=O)c1ccsc1)C2.O=CO. The predicted octanol–water partition coefficient (Wildman–Crippen LogP) is 0.306. The summed E-state index contributed by atoms with van der Waals surface area (Å²) in [6.07, 6.45) is 0. The first-order valence-electron chi connectivity index (χ1n) is 7.48. The summed E-state index contributed by atoms with van der Waals surface area (Å²) in [6, 6.07) is 1.75. The van der Waals surface area contributed by atoms with Crippen LogP contribution < -0.4 is 0 Å². The number of aliphatic carboxylic acids is 1. The standard InChI is InChI=1S/C14H18N2O4S.CH2O2/c17-13(18)6-15-3-10-4-16(12(5-15)8-20-7-10)14(19)11-1-2-21-9-11;2-1-3/h1-2,9-10,12H,3-8H2,(H,17,18);1H,(H,2,3)/t10-,12-;/m0./s1. The number of rotatable bonds is 3. The molecule has 3 rings (SSSR count). The molecule has 1 aromatic rings. The molecule has 1 aromatic heterocycles. The number of amides is 1. The molecule has 3 heterocycles. The summed E-state index contributed by atoms with van der Waals surface area (Å²) in [6.45, 7) is 2.68. The molecule has 0 saturated carbocycles. The van der Waals surface area contributed by atoms with Gasteiger partial charge in [0.05, 0.1) is 31.4 Å². The summed E-state index contributed by atoms with van der Waals surface area (Å²) in [7, 11) is 0. The van der Waals surface area contributed by atoms with E-state index in [1.807, 2.05) is 26.6 Å². The maximum atomic E-state index is 12.6. The number of fused-ring (bicyclic) bond motifs is 3. The third kappa shape index (κ3) is 4.76. The van der Waals surface area contributed by atoms with Gasteiger partial charge in [-0.1, -0.05) is 0 Å². The van der Waals surface area contributed by atoms with Crippen molar-refractivity contribution in [2.45, 2.75) is 6.04 Å². The van der Waals surface area contributed by atoms with Crippen LogP contribution in [0.1, 0.15) is 10.4 Å². The lowest BCUT2D eigenvalue weighted by atomic mass is 10.1. The number of carboxylic acid groups (broad SMARTS) is 2. The number of ether oxygens (including phenoxy) is 1. The number of nitrogens with zero attached hydrogens (tertiary/aromatic N) is 2. The molecule has 2 atom stereocenters. The van der Waals surface area contributed by atoms with Crippen molar-refractivity contribution in [3.8, 4) is 0 Å². The van der Waals surface area contributed by atoms with Crippen molar-refractivity contribution in [2.24, 2.45) is 5.92 Å². The van der Waals surface area contributed by atoms with Crippen molar-refractivity contribution >= 4 is 29.7 Å². The molecule has 2 aliphatic rings. The first-order chi connectivity index (χ1) is 11.5. The van der Waals surface area contributed by atoms with E-state index in [2.05, 4.69) is 0 Å². The third-order valence-electron chi connectivity index (χ3n) is 3.93. The molecule has 1 amide bonds. The van der Waals surface area contributed by atoms with E-state index in [1.165, 1.54) is 11.3 Å². The van der Waals surface area contributed by atoms with Crippen molar-refractivity contribution in [2.75, 3.05) is 39.4 Å². The van der Waals surface area contributed by atoms with Crippen molar-refractivity contribution in [1.29, 1.82) is 0 Å². The average Bonchev–Trinajstić information content (AvgIpc) is 2.89. The lowest BCUT2D eigenvalue weighted by molar-refractivity contribution is -0.138. The van der Waals surface area contributed by atoms with Gasteiger partial charge in [0.25, 0.3) is 12.4 Å². The third-order valence-corrected chi connectivity index (χ3v) is 4.62. The fraction of sp³-hybridized carbons (Fsp3) is 0.533. The van der Waals surface area contributed by atoms with Crippen molar-refractivity contribution in [1.82, 2.24) is 9.80 Å². The minimum Gasteiger partial charge on any atom is -0.483 e. The average molecular weight is 356 g/mol. The zero-order chi connectivity index (χ0) is 17.5. The van der Waals surface area contributed by atoms with E-state index in [4.69, 9.17) is 19.7 Å². The van der Waals surface area contributed by atoms with E-state index in [9.17, 15) is 9.59 Å². The molecule has 0 radical (unpaired) electrons. The minimum absolute atomic E-state index is 0.0213. The maximum Gasteiger partial charge on any atom is 0.317 e. The van der Waals surface area contributed by atoms with Crippen LogP contribution in [-0.2, 0) is 14.3 Å². The Bertz CT molecular complexity index is 564. The molecule has 9 heteroatoms. The van der Waals surface area contributed by atoms with E-state index in [1.54, 1.807) is 0 Å². The summed E-state index contributed by atoms with van der Waals surface area (Å²) in [5.41, 5.74) is 0.706. The highest BCUT2D eigenvalue weighted by Crippen LogP contribution is 2.22. The minimum atomic E-state index is -0.827. The second-order valence-electron chi connectivity index (χ2n) is 5.72. The number of carboxylic acids is 1. The van der Waals surface area contributed by atoms with Gasteiger partial charge in [-0.15, -0.1) is 0 Å². The highest BCUT2D eigenvalue weighted by Gasteiger charge is 2.36. The summed E-state index contributed by atoms with van der Waals surface area (Å²) < 4.78 is 5.65. The molecule has 24 heavy (non-hydrogen) atoms. The van der Waals surface area contributed by atoms with E-state index < -0.39 is 5.97 Å². The number of carbonyl (C=O) groups excluding carboxylic acids is 1. The maximum absolute atomic E-state index is 12.6. The Morgan fingerprint density at radius 1 is 1.33 bits per heavy atom. The number of thiophene rings is 1. The van der Waals surface area contributed by atoms with Crippen LogP contribution in [-0.4, -0.2) is 83.8 Å². The Balaban J connectivity index is 0.000000647. The van der Waals surface area contributed by atoms with Gasteiger partial charge in [-0.05, 0) is 11.4 Å². The Labute approximate surface area is 143 Å². The molecule has 0 aliphatic carbocycles. The number of hydrogen-bond donors (Lipinski definition) is 2. The molecule has 0 aromatic carbocycles. The quantitative estimate of drug-likeness (QED) is 0.750. The molecule has 2 aliphatic heterocycles. The van der Waals surface area contributed by atoms with Crippen molar-refractivity contribution < 1.29 is 29.3 Å². The first-order valence-corrected chi connectivity index (χ1v) is 8.42. The van der Waals surface area contributed by atoms with Crippen molar-refractivity contribution in [3.05, 3.63) is 22.4 Å². The van der Waals surface area contributed by atoms with Gasteiger partial charge in [-0.2, -0.15) is 11.3 Å². The Kier molecular flexibility index (Phi) is 6.71. The van der Waals surface area contributed by atoms with Crippen LogP contribution in [0.4, 0.5) is 0 Å². The predicted molar refractivity (Wildman–Crippen MR) is 86.2 cm³/mol. The highest BCUT2D eigenvalue weighted by atomic mass is 32.1. The Hall–Kier alpha value is -1.97. The van der Waals surface area contributed by atoms with Crippen LogP contribution in [0.25, 0.3) is 0 Å². The molecule has 0 spiro atoms. The Morgan fingerprint density at radius 2 is 2.08 bits per heavy atom. The molecule has 132 valence electrons. The highest BCUT2D eigenvalue weighted by molar-refractivity contribution is 7.08. The molecule has 2 fully saturated rings. The van der Waals surface area contributed by atoms with Gasteiger partial charge < -0.3 is 19.8 Å².